The number of nitrogens with zero attached hydrogens (tertiary/aromatic N) is 1. The Morgan fingerprint density at radius 3 is 2.64 bits per heavy atom. The fourth-order valence-electron chi connectivity index (χ4n) is 3.02. The van der Waals surface area contributed by atoms with Crippen LogP contribution >= 0.6 is 15.9 Å². The van der Waals surface area contributed by atoms with Crippen molar-refractivity contribution in [1.29, 1.82) is 0 Å². The van der Waals surface area contributed by atoms with Crippen LogP contribution in [-0.2, 0) is 9.59 Å². The zero-order valence-electron chi connectivity index (χ0n) is 13.7. The number of hydrogen-bond donors (Lipinski definition) is 1. The Hall–Kier alpha value is -2.21. The molecule has 2 aromatic rings. The van der Waals surface area contributed by atoms with Crippen LogP contribution in [0.25, 0.3) is 0 Å². The fraction of sp³-hybridized carbons (Fsp3) is 0.263. The molecule has 0 bridgehead atoms. The molecule has 0 saturated carbocycles. The smallest absolute Gasteiger partial charge is 0.227 e. The van der Waals surface area contributed by atoms with Gasteiger partial charge in [-0.15, -0.1) is 0 Å². The highest BCUT2D eigenvalue weighted by molar-refractivity contribution is 9.10. The SMILES string of the molecule is CC(NC(=O)C1CC(=O)N(c2ccccc2Br)C1)c1ccccc1F. The third-order valence-electron chi connectivity index (χ3n) is 4.37. The molecule has 1 N–H and O–H groups in total. The maximum absolute atomic E-state index is 13.8. The highest BCUT2D eigenvalue weighted by Crippen LogP contribution is 2.31. The van der Waals surface area contributed by atoms with Gasteiger partial charge in [0.2, 0.25) is 11.8 Å². The number of carbonyl (C=O) groups excluding carboxylic acids is 2. The summed E-state index contributed by atoms with van der Waals surface area (Å²) in [5.41, 5.74) is 1.19. The molecular formula is C19H18BrFN2O2. The van der Waals surface area contributed by atoms with E-state index in [9.17, 15) is 14.0 Å². The number of halogens is 2. The molecule has 130 valence electrons. The van der Waals surface area contributed by atoms with Crippen LogP contribution in [0.3, 0.4) is 0 Å². The Bertz CT molecular complexity index is 812. The molecule has 2 amide bonds. The number of para-hydroxylation sites is 1. The Morgan fingerprint density at radius 2 is 1.92 bits per heavy atom. The van der Waals surface area contributed by atoms with E-state index in [1.807, 2.05) is 24.3 Å². The first kappa shape index (κ1) is 17.6. The molecule has 0 aliphatic carbocycles. The molecule has 0 spiro atoms. The average Bonchev–Trinajstić information content (AvgIpc) is 2.97. The van der Waals surface area contributed by atoms with Gasteiger partial charge in [0.25, 0.3) is 0 Å². The Balaban J connectivity index is 1.69. The van der Waals surface area contributed by atoms with Crippen molar-refractivity contribution in [2.45, 2.75) is 19.4 Å². The molecule has 4 nitrogen and oxygen atoms in total. The van der Waals surface area contributed by atoms with Gasteiger partial charge in [0.05, 0.1) is 17.6 Å². The molecule has 0 radical (unpaired) electrons. The fourth-order valence-corrected chi connectivity index (χ4v) is 3.52. The van der Waals surface area contributed by atoms with Gasteiger partial charge < -0.3 is 10.2 Å². The molecule has 1 saturated heterocycles. The van der Waals surface area contributed by atoms with Gasteiger partial charge in [-0.2, -0.15) is 0 Å². The first-order valence-electron chi connectivity index (χ1n) is 8.07. The molecule has 2 unspecified atom stereocenters. The third-order valence-corrected chi connectivity index (χ3v) is 5.04. The van der Waals surface area contributed by atoms with Crippen LogP contribution in [0.1, 0.15) is 24.9 Å². The van der Waals surface area contributed by atoms with Gasteiger partial charge in [0.1, 0.15) is 5.82 Å². The average molecular weight is 405 g/mol. The lowest BCUT2D eigenvalue weighted by Gasteiger charge is -2.20. The third kappa shape index (κ3) is 3.74. The van der Waals surface area contributed by atoms with Crippen molar-refractivity contribution in [2.75, 3.05) is 11.4 Å². The maximum Gasteiger partial charge on any atom is 0.227 e. The summed E-state index contributed by atoms with van der Waals surface area (Å²) < 4.78 is 14.6. The van der Waals surface area contributed by atoms with Gasteiger partial charge >= 0.3 is 0 Å². The highest BCUT2D eigenvalue weighted by atomic mass is 79.9. The summed E-state index contributed by atoms with van der Waals surface area (Å²) in [6.45, 7) is 2.05. The summed E-state index contributed by atoms with van der Waals surface area (Å²) in [5, 5.41) is 2.82. The standard InChI is InChI=1S/C19H18BrFN2O2/c1-12(14-6-2-4-8-16(14)21)22-19(25)13-10-18(24)23(11-13)17-9-5-3-7-15(17)20/h2-9,12-13H,10-11H2,1H3,(H,22,25). The van der Waals surface area contributed by atoms with Crippen molar-refractivity contribution >= 4 is 33.4 Å². The number of rotatable bonds is 4. The van der Waals surface area contributed by atoms with E-state index in [0.717, 1.165) is 10.2 Å². The monoisotopic (exact) mass is 404 g/mol. The Morgan fingerprint density at radius 1 is 1.24 bits per heavy atom. The van der Waals surface area contributed by atoms with Crippen LogP contribution in [0.15, 0.2) is 53.0 Å². The number of carbonyl (C=O) groups is 2. The van der Waals surface area contributed by atoms with Crippen LogP contribution in [0.2, 0.25) is 0 Å². The molecule has 1 fully saturated rings. The molecule has 6 heteroatoms. The molecule has 1 heterocycles. The first-order chi connectivity index (χ1) is 12.0. The van der Waals surface area contributed by atoms with E-state index in [-0.39, 0.29) is 24.1 Å². The maximum atomic E-state index is 13.8. The normalized spacial score (nSPS) is 18.3. The van der Waals surface area contributed by atoms with E-state index in [2.05, 4.69) is 21.2 Å². The lowest BCUT2D eigenvalue weighted by molar-refractivity contribution is -0.126. The van der Waals surface area contributed by atoms with Crippen molar-refractivity contribution in [2.24, 2.45) is 5.92 Å². The quantitative estimate of drug-likeness (QED) is 0.841. The zero-order valence-corrected chi connectivity index (χ0v) is 15.3. The van der Waals surface area contributed by atoms with Crippen LogP contribution in [0.5, 0.6) is 0 Å². The molecule has 0 aromatic heterocycles. The lowest BCUT2D eigenvalue weighted by Crippen LogP contribution is -2.34. The van der Waals surface area contributed by atoms with Crippen molar-refractivity contribution < 1.29 is 14.0 Å². The van der Waals surface area contributed by atoms with Gasteiger partial charge in [-0.1, -0.05) is 30.3 Å². The molecule has 25 heavy (non-hydrogen) atoms. The minimum Gasteiger partial charge on any atom is -0.349 e. The van der Waals surface area contributed by atoms with E-state index in [4.69, 9.17) is 0 Å². The number of benzene rings is 2. The van der Waals surface area contributed by atoms with Crippen LogP contribution in [0, 0.1) is 11.7 Å². The minimum atomic E-state index is -0.457. The largest absolute Gasteiger partial charge is 0.349 e. The molecule has 3 rings (SSSR count). The highest BCUT2D eigenvalue weighted by Gasteiger charge is 2.36. The molecule has 2 atom stereocenters. The van der Waals surface area contributed by atoms with Gasteiger partial charge in [-0.25, -0.2) is 4.39 Å². The predicted octanol–water partition coefficient (Wildman–Crippen LogP) is 3.82. The number of hydrogen-bond acceptors (Lipinski definition) is 2. The molecule has 1 aliphatic heterocycles. The first-order valence-corrected chi connectivity index (χ1v) is 8.86. The summed E-state index contributed by atoms with van der Waals surface area (Å²) in [7, 11) is 0. The summed E-state index contributed by atoms with van der Waals surface area (Å²) in [4.78, 5) is 26.5. The summed E-state index contributed by atoms with van der Waals surface area (Å²) in [6, 6.07) is 13.3. The summed E-state index contributed by atoms with van der Waals surface area (Å²) in [5.74, 6) is -1.13. The molecule has 1 aliphatic rings. The number of nitrogens with one attached hydrogen (secondary N) is 1. The van der Waals surface area contributed by atoms with Crippen molar-refractivity contribution in [3.8, 4) is 0 Å². The Kier molecular flexibility index (Phi) is 5.18. The van der Waals surface area contributed by atoms with E-state index < -0.39 is 12.0 Å². The van der Waals surface area contributed by atoms with Gasteiger partial charge in [0, 0.05) is 23.0 Å². The minimum absolute atomic E-state index is 0.0920. The second-order valence-corrected chi connectivity index (χ2v) is 6.96. The number of anilines is 1. The topological polar surface area (TPSA) is 49.4 Å². The van der Waals surface area contributed by atoms with E-state index in [0.29, 0.717) is 12.1 Å². The second kappa shape index (κ2) is 7.35. The van der Waals surface area contributed by atoms with Crippen molar-refractivity contribution in [3.05, 3.63) is 64.4 Å². The molecular weight excluding hydrogens is 387 g/mol. The number of amides is 2. The zero-order chi connectivity index (χ0) is 18.0. The van der Waals surface area contributed by atoms with Crippen LogP contribution in [0.4, 0.5) is 10.1 Å². The van der Waals surface area contributed by atoms with Crippen molar-refractivity contribution in [3.63, 3.8) is 0 Å². The summed E-state index contributed by atoms with van der Waals surface area (Å²) in [6.07, 6.45) is 0.150. The van der Waals surface area contributed by atoms with Crippen molar-refractivity contribution in [1.82, 2.24) is 5.32 Å². The van der Waals surface area contributed by atoms with E-state index in [1.54, 1.807) is 30.0 Å². The van der Waals surface area contributed by atoms with E-state index >= 15 is 0 Å². The predicted molar refractivity (Wildman–Crippen MR) is 97.6 cm³/mol. The summed E-state index contributed by atoms with van der Waals surface area (Å²) >= 11 is 3.43. The van der Waals surface area contributed by atoms with Gasteiger partial charge in [-0.05, 0) is 41.1 Å². The van der Waals surface area contributed by atoms with E-state index in [1.165, 1.54) is 6.07 Å². The van der Waals surface area contributed by atoms with Crippen LogP contribution in [-0.4, -0.2) is 18.4 Å². The lowest BCUT2D eigenvalue weighted by atomic mass is 10.0. The molecule has 2 aromatic carbocycles. The second-order valence-electron chi connectivity index (χ2n) is 6.11. The van der Waals surface area contributed by atoms with Gasteiger partial charge in [0.15, 0.2) is 0 Å². The van der Waals surface area contributed by atoms with Gasteiger partial charge in [-0.3, -0.25) is 9.59 Å². The Labute approximate surface area is 154 Å². The van der Waals surface area contributed by atoms with Crippen LogP contribution < -0.4 is 10.2 Å².